The molecule has 0 saturated heterocycles. The molecule has 148 valence electrons. The van der Waals surface area contributed by atoms with E-state index in [9.17, 15) is 9.59 Å². The van der Waals surface area contributed by atoms with E-state index in [2.05, 4.69) is 15.9 Å². The molecule has 0 saturated carbocycles. The molecule has 3 nitrogen and oxygen atoms in total. The fourth-order valence-corrected chi connectivity index (χ4v) is 3.54. The Morgan fingerprint density at radius 3 is 1.08 bits per heavy atom. The molecule has 0 spiro atoms. The van der Waals surface area contributed by atoms with Crippen molar-refractivity contribution in [3.63, 3.8) is 0 Å². The number of carbonyl (C=O) groups excluding carboxylic acids is 1. The number of rotatable bonds is 20. The van der Waals surface area contributed by atoms with Gasteiger partial charge in [0.1, 0.15) is 0 Å². The van der Waals surface area contributed by atoms with Crippen molar-refractivity contribution in [3.05, 3.63) is 0 Å². The maximum atomic E-state index is 10.9. The third-order valence-electron chi connectivity index (χ3n) is 4.78. The topological polar surface area (TPSA) is 54.4 Å². The Kier molecular flexibility index (Phi) is 19.6. The van der Waals surface area contributed by atoms with Crippen LogP contribution in [0.4, 0.5) is 0 Å². The summed E-state index contributed by atoms with van der Waals surface area (Å²) < 4.78 is 0. The number of hydrogen-bond donors (Lipinski definition) is 1. The lowest BCUT2D eigenvalue weighted by Crippen LogP contribution is -2.11. The van der Waals surface area contributed by atoms with Crippen LogP contribution in [0.5, 0.6) is 0 Å². The van der Waals surface area contributed by atoms with Gasteiger partial charge in [-0.2, -0.15) is 0 Å². The van der Waals surface area contributed by atoms with Crippen LogP contribution in [0.1, 0.15) is 116 Å². The standard InChI is InChI=1S/C21H39BrO3/c22-19-17-15-13-11-9-7-5-3-1-2-4-6-8-10-12-14-16-18-20(23)21(24)25/h1-19H2,(H,24,25). The summed E-state index contributed by atoms with van der Waals surface area (Å²) >= 11 is 3.48. The van der Waals surface area contributed by atoms with Crippen molar-refractivity contribution >= 4 is 27.7 Å². The highest BCUT2D eigenvalue weighted by atomic mass is 79.9. The van der Waals surface area contributed by atoms with Gasteiger partial charge in [0.25, 0.3) is 0 Å². The van der Waals surface area contributed by atoms with Gasteiger partial charge in [0.2, 0.25) is 5.78 Å². The summed E-state index contributed by atoms with van der Waals surface area (Å²) in [6.07, 6.45) is 22.1. The number of carboxylic acid groups (broad SMARTS) is 1. The van der Waals surface area contributed by atoms with Crippen molar-refractivity contribution in [2.75, 3.05) is 5.33 Å². The second kappa shape index (κ2) is 19.9. The first-order valence-corrected chi connectivity index (χ1v) is 11.6. The van der Waals surface area contributed by atoms with Crippen LogP contribution in [-0.4, -0.2) is 22.2 Å². The first-order valence-electron chi connectivity index (χ1n) is 10.5. The average Bonchev–Trinajstić information content (AvgIpc) is 2.60. The minimum atomic E-state index is -1.29. The second-order valence-corrected chi connectivity index (χ2v) is 7.97. The van der Waals surface area contributed by atoms with E-state index >= 15 is 0 Å². The largest absolute Gasteiger partial charge is 0.476 e. The van der Waals surface area contributed by atoms with Gasteiger partial charge in [-0.3, -0.25) is 4.79 Å². The zero-order chi connectivity index (χ0) is 18.6. The predicted molar refractivity (Wildman–Crippen MR) is 110 cm³/mol. The molecule has 0 aliphatic carbocycles. The van der Waals surface area contributed by atoms with Crippen LogP contribution >= 0.6 is 15.9 Å². The first kappa shape index (κ1) is 24.6. The van der Waals surface area contributed by atoms with E-state index < -0.39 is 11.8 Å². The number of aliphatic carboxylic acids is 1. The van der Waals surface area contributed by atoms with Gasteiger partial charge < -0.3 is 5.11 Å². The zero-order valence-electron chi connectivity index (χ0n) is 16.1. The molecular weight excluding hydrogens is 380 g/mol. The summed E-state index contributed by atoms with van der Waals surface area (Å²) in [6.45, 7) is 0. The number of Topliss-reactive ketones (excluding diaryl/α,β-unsaturated/α-hetero) is 1. The van der Waals surface area contributed by atoms with Gasteiger partial charge in [-0.05, 0) is 12.8 Å². The minimum Gasteiger partial charge on any atom is -0.476 e. The van der Waals surface area contributed by atoms with E-state index in [1.165, 1.54) is 89.9 Å². The monoisotopic (exact) mass is 418 g/mol. The number of hydrogen-bond acceptors (Lipinski definition) is 2. The fourth-order valence-electron chi connectivity index (χ4n) is 3.14. The minimum absolute atomic E-state index is 0.201. The molecule has 0 aliphatic heterocycles. The molecule has 0 aromatic heterocycles. The summed E-state index contributed by atoms with van der Waals surface area (Å²) in [4.78, 5) is 21.3. The van der Waals surface area contributed by atoms with Crippen LogP contribution in [0.25, 0.3) is 0 Å². The average molecular weight is 419 g/mol. The zero-order valence-corrected chi connectivity index (χ0v) is 17.7. The lowest BCUT2D eigenvalue weighted by atomic mass is 10.0. The SMILES string of the molecule is O=C(O)C(=O)CCCCCCCCCCCCCCCCCCCBr. The predicted octanol–water partition coefficient (Wildman–Crippen LogP) is 7.06. The number of carbonyl (C=O) groups is 2. The molecular formula is C21H39BrO3. The summed E-state index contributed by atoms with van der Waals surface area (Å²) in [5.41, 5.74) is 0. The van der Waals surface area contributed by atoms with Gasteiger partial charge in [0.15, 0.2) is 0 Å². The van der Waals surface area contributed by atoms with Crippen molar-refractivity contribution in [2.24, 2.45) is 0 Å². The smallest absolute Gasteiger partial charge is 0.372 e. The summed E-state index contributed by atoms with van der Waals surface area (Å²) in [5.74, 6) is -1.93. The Morgan fingerprint density at radius 2 is 0.800 bits per heavy atom. The Labute approximate surface area is 163 Å². The van der Waals surface area contributed by atoms with Crippen LogP contribution < -0.4 is 0 Å². The molecule has 0 aliphatic rings. The second-order valence-electron chi connectivity index (χ2n) is 7.18. The molecule has 4 heteroatoms. The number of ketones is 1. The fraction of sp³-hybridized carbons (Fsp3) is 0.905. The van der Waals surface area contributed by atoms with E-state index in [1.807, 2.05) is 0 Å². The molecule has 25 heavy (non-hydrogen) atoms. The summed E-state index contributed by atoms with van der Waals surface area (Å²) in [5, 5.41) is 9.63. The normalized spacial score (nSPS) is 10.9. The number of halogens is 1. The van der Waals surface area contributed by atoms with E-state index in [-0.39, 0.29) is 6.42 Å². The van der Waals surface area contributed by atoms with Crippen LogP contribution in [0.15, 0.2) is 0 Å². The van der Waals surface area contributed by atoms with Gasteiger partial charge in [-0.15, -0.1) is 0 Å². The summed E-state index contributed by atoms with van der Waals surface area (Å²) in [6, 6.07) is 0. The Hall–Kier alpha value is -0.380. The molecule has 0 aromatic carbocycles. The quantitative estimate of drug-likeness (QED) is 0.131. The molecule has 0 fully saturated rings. The molecule has 0 aromatic rings. The van der Waals surface area contributed by atoms with Crippen molar-refractivity contribution in [1.29, 1.82) is 0 Å². The van der Waals surface area contributed by atoms with Crippen LogP contribution in [0.2, 0.25) is 0 Å². The highest BCUT2D eigenvalue weighted by molar-refractivity contribution is 9.09. The molecule has 0 radical (unpaired) electrons. The van der Waals surface area contributed by atoms with E-state index in [1.54, 1.807) is 0 Å². The Balaban J connectivity index is 3.05. The van der Waals surface area contributed by atoms with E-state index in [0.29, 0.717) is 0 Å². The molecule has 0 rings (SSSR count). The third kappa shape index (κ3) is 19.8. The molecule has 0 atom stereocenters. The number of carboxylic acids is 1. The molecule has 0 amide bonds. The molecule has 1 N–H and O–H groups in total. The van der Waals surface area contributed by atoms with Crippen molar-refractivity contribution < 1.29 is 14.7 Å². The lowest BCUT2D eigenvalue weighted by Gasteiger charge is -2.03. The van der Waals surface area contributed by atoms with Crippen LogP contribution in [0.3, 0.4) is 0 Å². The highest BCUT2D eigenvalue weighted by Gasteiger charge is 2.09. The maximum Gasteiger partial charge on any atom is 0.372 e. The summed E-state index contributed by atoms with van der Waals surface area (Å²) in [7, 11) is 0. The molecule has 0 bridgehead atoms. The van der Waals surface area contributed by atoms with E-state index in [0.717, 1.165) is 24.6 Å². The maximum absolute atomic E-state index is 10.9. The highest BCUT2D eigenvalue weighted by Crippen LogP contribution is 2.14. The van der Waals surface area contributed by atoms with Gasteiger partial charge in [0, 0.05) is 11.8 Å². The van der Waals surface area contributed by atoms with Gasteiger partial charge in [-0.25, -0.2) is 4.79 Å². The number of unbranched alkanes of at least 4 members (excludes halogenated alkanes) is 16. The lowest BCUT2D eigenvalue weighted by molar-refractivity contribution is -0.149. The third-order valence-corrected chi connectivity index (χ3v) is 5.34. The van der Waals surface area contributed by atoms with Gasteiger partial charge in [-0.1, -0.05) is 112 Å². The first-order chi connectivity index (χ1) is 12.2. The van der Waals surface area contributed by atoms with Crippen molar-refractivity contribution in [3.8, 4) is 0 Å². The Morgan fingerprint density at radius 1 is 0.520 bits per heavy atom. The molecule has 0 heterocycles. The Bertz CT molecular complexity index is 318. The van der Waals surface area contributed by atoms with Crippen LogP contribution in [-0.2, 0) is 9.59 Å². The van der Waals surface area contributed by atoms with Crippen molar-refractivity contribution in [1.82, 2.24) is 0 Å². The molecule has 0 unspecified atom stereocenters. The van der Waals surface area contributed by atoms with E-state index in [4.69, 9.17) is 5.11 Å². The van der Waals surface area contributed by atoms with Crippen molar-refractivity contribution in [2.45, 2.75) is 116 Å². The van der Waals surface area contributed by atoms with Gasteiger partial charge >= 0.3 is 5.97 Å². The number of alkyl halides is 1. The van der Waals surface area contributed by atoms with Gasteiger partial charge in [0.05, 0.1) is 0 Å². The van der Waals surface area contributed by atoms with Crippen LogP contribution in [0, 0.1) is 0 Å².